The Hall–Kier alpha value is -0.820. The molecule has 1 heteroatoms. The monoisotopic (exact) mass is 259 g/mol. The summed E-state index contributed by atoms with van der Waals surface area (Å²) in [6, 6.07) is 9.07. The molecule has 1 aliphatic rings. The van der Waals surface area contributed by atoms with Crippen LogP contribution in [-0.4, -0.2) is 5.54 Å². The minimum Gasteiger partial charge on any atom is -0.325 e. The fraction of sp³-hybridized carbons (Fsp3) is 0.667. The van der Waals surface area contributed by atoms with Gasteiger partial charge in [0.1, 0.15) is 0 Å². The van der Waals surface area contributed by atoms with Crippen molar-refractivity contribution in [3.8, 4) is 0 Å². The Kier molecular flexibility index (Phi) is 4.35. The topological polar surface area (TPSA) is 26.0 Å². The average molecular weight is 259 g/mol. The second kappa shape index (κ2) is 5.66. The molecule has 0 amide bonds. The van der Waals surface area contributed by atoms with E-state index in [2.05, 4.69) is 52.0 Å². The third-order valence-electron chi connectivity index (χ3n) is 5.02. The van der Waals surface area contributed by atoms with Crippen LogP contribution >= 0.6 is 0 Å². The van der Waals surface area contributed by atoms with Crippen molar-refractivity contribution in [3.05, 3.63) is 35.4 Å². The van der Waals surface area contributed by atoms with E-state index in [0.717, 1.165) is 12.3 Å². The summed E-state index contributed by atoms with van der Waals surface area (Å²) in [5.41, 5.74) is 9.51. The molecule has 0 bridgehead atoms. The van der Waals surface area contributed by atoms with Crippen LogP contribution in [0, 0.1) is 11.8 Å². The Morgan fingerprint density at radius 1 is 1.21 bits per heavy atom. The van der Waals surface area contributed by atoms with Crippen LogP contribution in [0.2, 0.25) is 0 Å². The molecule has 1 aromatic carbocycles. The molecule has 0 aliphatic heterocycles. The molecular weight excluding hydrogens is 230 g/mol. The van der Waals surface area contributed by atoms with Gasteiger partial charge in [-0.25, -0.2) is 0 Å². The van der Waals surface area contributed by atoms with E-state index in [-0.39, 0.29) is 5.54 Å². The van der Waals surface area contributed by atoms with Gasteiger partial charge < -0.3 is 5.73 Å². The summed E-state index contributed by atoms with van der Waals surface area (Å²) in [7, 11) is 0. The van der Waals surface area contributed by atoms with Gasteiger partial charge in [0.05, 0.1) is 0 Å². The highest BCUT2D eigenvalue weighted by Crippen LogP contribution is 2.37. The van der Waals surface area contributed by atoms with E-state index >= 15 is 0 Å². The van der Waals surface area contributed by atoms with Gasteiger partial charge >= 0.3 is 0 Å². The molecule has 0 aromatic heterocycles. The maximum absolute atomic E-state index is 6.69. The normalized spacial score (nSPS) is 31.7. The number of rotatable bonds is 3. The van der Waals surface area contributed by atoms with Crippen LogP contribution in [0.5, 0.6) is 0 Å². The van der Waals surface area contributed by atoms with Crippen molar-refractivity contribution >= 4 is 0 Å². The molecule has 1 nitrogen and oxygen atoms in total. The zero-order valence-electron chi connectivity index (χ0n) is 12.9. The van der Waals surface area contributed by atoms with Crippen molar-refractivity contribution in [1.82, 2.24) is 0 Å². The van der Waals surface area contributed by atoms with Gasteiger partial charge in [0, 0.05) is 5.54 Å². The second-order valence-corrected chi connectivity index (χ2v) is 7.09. The lowest BCUT2D eigenvalue weighted by atomic mass is 9.68. The van der Waals surface area contributed by atoms with E-state index in [9.17, 15) is 0 Å². The molecule has 0 heterocycles. The molecular formula is C18H29N. The van der Waals surface area contributed by atoms with Crippen LogP contribution in [-0.2, 0) is 6.42 Å². The first kappa shape index (κ1) is 14.6. The quantitative estimate of drug-likeness (QED) is 0.849. The summed E-state index contributed by atoms with van der Waals surface area (Å²) in [5.74, 6) is 2.08. The predicted octanol–water partition coefficient (Wildman–Crippen LogP) is 4.51. The maximum Gasteiger partial charge on any atom is 0.0221 e. The van der Waals surface area contributed by atoms with Crippen LogP contribution in [0.1, 0.15) is 64.0 Å². The van der Waals surface area contributed by atoms with Crippen LogP contribution in [0.3, 0.4) is 0 Å². The third kappa shape index (κ3) is 3.39. The SMILES string of the molecule is CC1CCC(N)(Cc2ccc(C(C)C)cc2)C(C)C1. The Bertz CT molecular complexity index is 406. The number of benzene rings is 1. The lowest BCUT2D eigenvalue weighted by Gasteiger charge is -2.42. The van der Waals surface area contributed by atoms with E-state index in [1.165, 1.54) is 30.4 Å². The zero-order valence-corrected chi connectivity index (χ0v) is 12.9. The Morgan fingerprint density at radius 3 is 2.37 bits per heavy atom. The number of hydrogen-bond acceptors (Lipinski definition) is 1. The minimum absolute atomic E-state index is 0.00581. The first-order valence-corrected chi connectivity index (χ1v) is 7.78. The maximum atomic E-state index is 6.69. The largest absolute Gasteiger partial charge is 0.325 e. The molecule has 0 spiro atoms. The first-order chi connectivity index (χ1) is 8.90. The summed E-state index contributed by atoms with van der Waals surface area (Å²) in [6.45, 7) is 9.17. The number of hydrogen-bond donors (Lipinski definition) is 1. The van der Waals surface area contributed by atoms with Crippen molar-refractivity contribution < 1.29 is 0 Å². The first-order valence-electron chi connectivity index (χ1n) is 7.78. The van der Waals surface area contributed by atoms with Crippen molar-refractivity contribution in [3.63, 3.8) is 0 Å². The molecule has 1 aliphatic carbocycles. The highest BCUT2D eigenvalue weighted by Gasteiger charge is 2.36. The summed E-state index contributed by atoms with van der Waals surface area (Å²) in [5, 5.41) is 0. The Labute approximate surface area is 118 Å². The summed E-state index contributed by atoms with van der Waals surface area (Å²) >= 11 is 0. The molecule has 3 unspecified atom stereocenters. The van der Waals surface area contributed by atoms with E-state index in [4.69, 9.17) is 5.73 Å². The molecule has 1 aromatic rings. The van der Waals surface area contributed by atoms with Gasteiger partial charge in [-0.2, -0.15) is 0 Å². The molecule has 19 heavy (non-hydrogen) atoms. The van der Waals surface area contributed by atoms with Crippen LogP contribution in [0.15, 0.2) is 24.3 Å². The zero-order chi connectivity index (χ0) is 14.0. The van der Waals surface area contributed by atoms with Crippen LogP contribution in [0.4, 0.5) is 0 Å². The number of nitrogens with two attached hydrogens (primary N) is 1. The van der Waals surface area contributed by atoms with E-state index < -0.39 is 0 Å². The fourth-order valence-electron chi connectivity index (χ4n) is 3.38. The highest BCUT2D eigenvalue weighted by atomic mass is 14.8. The molecule has 0 saturated heterocycles. The van der Waals surface area contributed by atoms with E-state index in [1.54, 1.807) is 0 Å². The van der Waals surface area contributed by atoms with Gasteiger partial charge in [0.2, 0.25) is 0 Å². The highest BCUT2D eigenvalue weighted by molar-refractivity contribution is 5.26. The summed E-state index contributed by atoms with van der Waals surface area (Å²) in [6.07, 6.45) is 4.76. The van der Waals surface area contributed by atoms with E-state index in [0.29, 0.717) is 11.8 Å². The summed E-state index contributed by atoms with van der Waals surface area (Å²) < 4.78 is 0. The van der Waals surface area contributed by atoms with E-state index in [1.807, 2.05) is 0 Å². The predicted molar refractivity (Wildman–Crippen MR) is 83.3 cm³/mol. The molecule has 2 rings (SSSR count). The summed E-state index contributed by atoms with van der Waals surface area (Å²) in [4.78, 5) is 0. The Balaban J connectivity index is 2.07. The molecule has 1 fully saturated rings. The van der Waals surface area contributed by atoms with Crippen LogP contribution < -0.4 is 5.73 Å². The molecule has 1 saturated carbocycles. The Morgan fingerprint density at radius 2 is 1.84 bits per heavy atom. The second-order valence-electron chi connectivity index (χ2n) is 7.09. The van der Waals surface area contributed by atoms with Crippen molar-refractivity contribution in [1.29, 1.82) is 0 Å². The third-order valence-corrected chi connectivity index (χ3v) is 5.02. The molecule has 0 radical (unpaired) electrons. The standard InChI is InChI=1S/C18H29N/c1-13(2)17-7-5-16(6-8-17)12-18(19)10-9-14(3)11-15(18)4/h5-8,13-15H,9-12,19H2,1-4H3. The van der Waals surface area contributed by atoms with Gasteiger partial charge in [-0.05, 0) is 54.6 Å². The molecule has 3 atom stereocenters. The molecule has 106 valence electrons. The fourth-order valence-corrected chi connectivity index (χ4v) is 3.38. The van der Waals surface area contributed by atoms with Crippen molar-refractivity contribution in [2.75, 3.05) is 0 Å². The van der Waals surface area contributed by atoms with Gasteiger partial charge in [-0.1, -0.05) is 52.0 Å². The van der Waals surface area contributed by atoms with Gasteiger partial charge in [0.15, 0.2) is 0 Å². The van der Waals surface area contributed by atoms with Crippen LogP contribution in [0.25, 0.3) is 0 Å². The average Bonchev–Trinajstić information content (AvgIpc) is 2.35. The lowest BCUT2D eigenvalue weighted by Crippen LogP contribution is -2.51. The minimum atomic E-state index is 0.00581. The van der Waals surface area contributed by atoms with Gasteiger partial charge in [-0.15, -0.1) is 0 Å². The van der Waals surface area contributed by atoms with Crippen molar-refractivity contribution in [2.45, 2.75) is 64.8 Å². The van der Waals surface area contributed by atoms with Gasteiger partial charge in [0.25, 0.3) is 0 Å². The van der Waals surface area contributed by atoms with Crippen molar-refractivity contribution in [2.24, 2.45) is 17.6 Å². The smallest absolute Gasteiger partial charge is 0.0221 e. The molecule has 2 N–H and O–H groups in total. The van der Waals surface area contributed by atoms with Gasteiger partial charge in [-0.3, -0.25) is 0 Å². The lowest BCUT2D eigenvalue weighted by molar-refractivity contribution is 0.163.